The highest BCUT2D eigenvalue weighted by Crippen LogP contribution is 2.23. The summed E-state index contributed by atoms with van der Waals surface area (Å²) in [5, 5.41) is 0. The van der Waals surface area contributed by atoms with Crippen LogP contribution in [-0.4, -0.2) is 23.9 Å². The quantitative estimate of drug-likeness (QED) is 0.538. The van der Waals surface area contributed by atoms with E-state index in [-0.39, 0.29) is 5.92 Å². The summed E-state index contributed by atoms with van der Waals surface area (Å²) in [5.41, 5.74) is 0. The van der Waals surface area contributed by atoms with Crippen molar-refractivity contribution in [2.24, 2.45) is 5.92 Å². The summed E-state index contributed by atoms with van der Waals surface area (Å²) in [7, 11) is 1.90. The summed E-state index contributed by atoms with van der Waals surface area (Å²) in [5.74, 6) is 0.571. The molecule has 0 aromatic rings. The molecule has 10 heavy (non-hydrogen) atoms. The molecule has 1 rings (SSSR count). The highest BCUT2D eigenvalue weighted by molar-refractivity contribution is 5.80. The molecule has 1 heterocycles. The van der Waals surface area contributed by atoms with Gasteiger partial charge in [0.25, 0.3) is 0 Å². The molecule has 0 bridgehead atoms. The van der Waals surface area contributed by atoms with E-state index in [2.05, 4.69) is 6.92 Å². The predicted molar refractivity (Wildman–Crippen MR) is 40.6 cm³/mol. The smallest absolute Gasteiger partial charge is 0.225 e. The maximum absolute atomic E-state index is 11.2. The van der Waals surface area contributed by atoms with Crippen molar-refractivity contribution in [3.63, 3.8) is 0 Å². The third-order valence-corrected chi connectivity index (χ3v) is 2.41. The zero-order valence-corrected chi connectivity index (χ0v) is 6.92. The first-order chi connectivity index (χ1) is 4.66. The van der Waals surface area contributed by atoms with E-state index in [1.807, 2.05) is 18.9 Å². The average molecular weight is 141 g/mol. The van der Waals surface area contributed by atoms with Gasteiger partial charge in [-0.3, -0.25) is 4.79 Å². The monoisotopic (exact) mass is 141 g/mol. The second-order valence-electron chi connectivity index (χ2n) is 3.15. The van der Waals surface area contributed by atoms with Crippen LogP contribution in [0.5, 0.6) is 0 Å². The van der Waals surface area contributed by atoms with Crippen molar-refractivity contribution < 1.29 is 4.79 Å². The van der Waals surface area contributed by atoms with Crippen molar-refractivity contribution in [2.45, 2.75) is 32.7 Å². The fourth-order valence-corrected chi connectivity index (χ4v) is 1.64. The maximum atomic E-state index is 11.2. The number of hydrogen-bond donors (Lipinski definition) is 0. The molecule has 0 aromatic heterocycles. The first kappa shape index (κ1) is 7.58. The van der Waals surface area contributed by atoms with Gasteiger partial charge in [0.05, 0.1) is 0 Å². The molecule has 0 spiro atoms. The molecular weight excluding hydrogens is 126 g/mol. The Bertz CT molecular complexity index is 144. The Balaban J connectivity index is 2.61. The molecule has 58 valence electrons. The lowest BCUT2D eigenvalue weighted by molar-refractivity contribution is -0.130. The number of rotatable bonds is 1. The van der Waals surface area contributed by atoms with E-state index in [0.717, 1.165) is 12.8 Å². The van der Waals surface area contributed by atoms with Crippen molar-refractivity contribution in [1.82, 2.24) is 4.90 Å². The minimum atomic E-state index is 0.259. The van der Waals surface area contributed by atoms with Gasteiger partial charge in [-0.25, -0.2) is 0 Å². The molecule has 2 nitrogen and oxygen atoms in total. The van der Waals surface area contributed by atoms with Crippen molar-refractivity contribution in [1.29, 1.82) is 0 Å². The average Bonchev–Trinajstić information content (AvgIpc) is 2.17. The zero-order valence-electron chi connectivity index (χ0n) is 6.92. The fraction of sp³-hybridized carbons (Fsp3) is 0.875. The van der Waals surface area contributed by atoms with Gasteiger partial charge >= 0.3 is 0 Å². The molecule has 1 aliphatic heterocycles. The van der Waals surface area contributed by atoms with E-state index in [0.29, 0.717) is 11.9 Å². The summed E-state index contributed by atoms with van der Waals surface area (Å²) in [6.45, 7) is 4.14. The highest BCUT2D eigenvalue weighted by Gasteiger charge is 2.32. The van der Waals surface area contributed by atoms with Gasteiger partial charge in [-0.15, -0.1) is 0 Å². The SMILES string of the molecule is CC[C@H]1CC(C)C(=O)N1C. The molecule has 0 radical (unpaired) electrons. The van der Waals surface area contributed by atoms with Gasteiger partial charge < -0.3 is 4.90 Å². The summed E-state index contributed by atoms with van der Waals surface area (Å²) in [4.78, 5) is 13.1. The Morgan fingerprint density at radius 3 is 2.50 bits per heavy atom. The van der Waals surface area contributed by atoms with Gasteiger partial charge in [0, 0.05) is 19.0 Å². The second kappa shape index (κ2) is 2.60. The van der Waals surface area contributed by atoms with Gasteiger partial charge in [-0.1, -0.05) is 13.8 Å². The van der Waals surface area contributed by atoms with Crippen LogP contribution in [0, 0.1) is 5.92 Å². The first-order valence-electron chi connectivity index (χ1n) is 3.93. The molecule has 2 heteroatoms. The Labute approximate surface area is 62.2 Å². The van der Waals surface area contributed by atoms with Crippen LogP contribution in [0.4, 0.5) is 0 Å². The lowest BCUT2D eigenvalue weighted by Crippen LogP contribution is -2.28. The van der Waals surface area contributed by atoms with E-state index in [1.165, 1.54) is 0 Å². The van der Waals surface area contributed by atoms with Crippen molar-refractivity contribution in [3.05, 3.63) is 0 Å². The molecule has 0 aliphatic carbocycles. The minimum Gasteiger partial charge on any atom is -0.343 e. The minimum absolute atomic E-state index is 0.259. The largest absolute Gasteiger partial charge is 0.343 e. The van der Waals surface area contributed by atoms with Crippen LogP contribution in [0.3, 0.4) is 0 Å². The van der Waals surface area contributed by atoms with Crippen LogP contribution in [0.15, 0.2) is 0 Å². The highest BCUT2D eigenvalue weighted by atomic mass is 16.2. The van der Waals surface area contributed by atoms with Gasteiger partial charge in [-0.2, -0.15) is 0 Å². The number of amides is 1. The Morgan fingerprint density at radius 1 is 1.70 bits per heavy atom. The molecule has 0 saturated carbocycles. The molecule has 1 fully saturated rings. The van der Waals surface area contributed by atoms with Crippen LogP contribution >= 0.6 is 0 Å². The predicted octanol–water partition coefficient (Wildman–Crippen LogP) is 1.26. The summed E-state index contributed by atoms with van der Waals surface area (Å²) in [6.07, 6.45) is 2.14. The van der Waals surface area contributed by atoms with E-state index < -0.39 is 0 Å². The lowest BCUT2D eigenvalue weighted by Gasteiger charge is -2.16. The van der Waals surface area contributed by atoms with Crippen LogP contribution in [-0.2, 0) is 4.79 Å². The van der Waals surface area contributed by atoms with E-state index >= 15 is 0 Å². The van der Waals surface area contributed by atoms with Crippen molar-refractivity contribution >= 4 is 5.91 Å². The van der Waals surface area contributed by atoms with Crippen LogP contribution in [0.25, 0.3) is 0 Å². The molecule has 2 atom stereocenters. The van der Waals surface area contributed by atoms with Crippen LogP contribution < -0.4 is 0 Å². The summed E-state index contributed by atoms with van der Waals surface area (Å²) >= 11 is 0. The summed E-state index contributed by atoms with van der Waals surface area (Å²) in [6, 6.07) is 0.502. The molecular formula is C8H15NO. The molecule has 1 aliphatic rings. The molecule has 1 unspecified atom stereocenters. The second-order valence-corrected chi connectivity index (χ2v) is 3.15. The van der Waals surface area contributed by atoms with E-state index in [4.69, 9.17) is 0 Å². The number of carbonyl (C=O) groups is 1. The number of nitrogens with zero attached hydrogens (tertiary/aromatic N) is 1. The maximum Gasteiger partial charge on any atom is 0.225 e. The third kappa shape index (κ3) is 1.02. The Hall–Kier alpha value is -0.530. The molecule has 1 amide bonds. The van der Waals surface area contributed by atoms with Crippen molar-refractivity contribution in [2.75, 3.05) is 7.05 Å². The molecule has 1 saturated heterocycles. The van der Waals surface area contributed by atoms with E-state index in [1.54, 1.807) is 0 Å². The van der Waals surface area contributed by atoms with Crippen LogP contribution in [0.1, 0.15) is 26.7 Å². The van der Waals surface area contributed by atoms with E-state index in [9.17, 15) is 4.79 Å². The normalized spacial score (nSPS) is 33.5. The number of likely N-dealkylation sites (tertiary alicyclic amines) is 1. The Kier molecular flexibility index (Phi) is 1.97. The lowest BCUT2D eigenvalue weighted by atomic mass is 10.1. The Morgan fingerprint density at radius 2 is 2.30 bits per heavy atom. The standard InChI is InChI=1S/C8H15NO/c1-4-7-5-6(2)8(10)9(7)3/h6-7H,4-5H2,1-3H3/t6?,7-/m0/s1. The first-order valence-corrected chi connectivity index (χ1v) is 3.93. The molecule has 0 N–H and O–H groups in total. The van der Waals surface area contributed by atoms with Gasteiger partial charge in [0.2, 0.25) is 5.91 Å². The van der Waals surface area contributed by atoms with Gasteiger partial charge in [-0.05, 0) is 12.8 Å². The zero-order chi connectivity index (χ0) is 7.72. The number of carbonyl (C=O) groups excluding carboxylic acids is 1. The summed E-state index contributed by atoms with van der Waals surface area (Å²) < 4.78 is 0. The van der Waals surface area contributed by atoms with Crippen molar-refractivity contribution in [3.8, 4) is 0 Å². The van der Waals surface area contributed by atoms with Crippen LogP contribution in [0.2, 0.25) is 0 Å². The van der Waals surface area contributed by atoms with Gasteiger partial charge in [0.15, 0.2) is 0 Å². The third-order valence-electron chi connectivity index (χ3n) is 2.41. The van der Waals surface area contributed by atoms with Gasteiger partial charge in [0.1, 0.15) is 0 Å². The molecule has 0 aromatic carbocycles. The topological polar surface area (TPSA) is 20.3 Å². The number of hydrogen-bond acceptors (Lipinski definition) is 1. The fourth-order valence-electron chi connectivity index (χ4n) is 1.64.